The van der Waals surface area contributed by atoms with E-state index in [4.69, 9.17) is 4.74 Å². The van der Waals surface area contributed by atoms with Crippen LogP contribution in [0, 0.1) is 0 Å². The zero-order valence-corrected chi connectivity index (χ0v) is 17.8. The van der Waals surface area contributed by atoms with Gasteiger partial charge in [0.1, 0.15) is 6.54 Å². The summed E-state index contributed by atoms with van der Waals surface area (Å²) in [6.45, 7) is 4.66. The molecule has 2 aliphatic rings. The molecule has 0 bridgehead atoms. The summed E-state index contributed by atoms with van der Waals surface area (Å²) in [5.74, 6) is 0.665. The number of likely N-dealkylation sites (N-methyl/N-ethyl adjacent to an activating group) is 1. The number of nitrogens with one attached hydrogen (secondary N) is 2. The molecular weight excluding hydrogens is 366 g/mol. The third-order valence-electron chi connectivity index (χ3n) is 5.62. The molecular formula is C22H35N5O2. The van der Waals surface area contributed by atoms with Crippen LogP contribution in [0.25, 0.3) is 0 Å². The minimum absolute atomic E-state index is 0.0117. The van der Waals surface area contributed by atoms with E-state index in [1.165, 1.54) is 18.4 Å². The summed E-state index contributed by atoms with van der Waals surface area (Å²) in [6.07, 6.45) is 4.89. The number of rotatable bonds is 8. The average Bonchev–Trinajstić information content (AvgIpc) is 3.44. The summed E-state index contributed by atoms with van der Waals surface area (Å²) in [5.41, 5.74) is 1.31. The Labute approximate surface area is 174 Å². The van der Waals surface area contributed by atoms with E-state index in [9.17, 15) is 4.79 Å². The molecule has 1 aromatic carbocycles. The Balaban J connectivity index is 1.64. The minimum atomic E-state index is -0.0117. The molecule has 2 atom stereocenters. The van der Waals surface area contributed by atoms with Gasteiger partial charge in [-0.2, -0.15) is 0 Å². The van der Waals surface area contributed by atoms with Crippen LogP contribution in [0.4, 0.5) is 0 Å². The second-order valence-electron chi connectivity index (χ2n) is 8.02. The number of likely N-dealkylation sites (tertiary alicyclic amines) is 1. The molecule has 29 heavy (non-hydrogen) atoms. The topological polar surface area (TPSA) is 69.2 Å². The largest absolute Gasteiger partial charge is 0.376 e. The maximum absolute atomic E-state index is 12.0. The molecule has 7 nitrogen and oxygen atoms in total. The Morgan fingerprint density at radius 3 is 2.62 bits per heavy atom. The SMILES string of the molecule is CN(C)C(=O)CN=C(NCC1CCCO1)NCC(c1ccccc1)N1CCCC1. The molecule has 7 heteroatoms. The van der Waals surface area contributed by atoms with Gasteiger partial charge in [-0.05, 0) is 44.3 Å². The van der Waals surface area contributed by atoms with E-state index in [0.29, 0.717) is 12.5 Å². The molecule has 3 rings (SSSR count). The molecule has 2 aliphatic heterocycles. The molecule has 0 radical (unpaired) electrons. The van der Waals surface area contributed by atoms with Gasteiger partial charge < -0.3 is 20.3 Å². The molecule has 0 saturated carbocycles. The van der Waals surface area contributed by atoms with Gasteiger partial charge in [0.2, 0.25) is 5.91 Å². The lowest BCUT2D eigenvalue weighted by Crippen LogP contribution is -2.45. The van der Waals surface area contributed by atoms with E-state index in [1.54, 1.807) is 19.0 Å². The zero-order chi connectivity index (χ0) is 20.5. The van der Waals surface area contributed by atoms with E-state index in [2.05, 4.69) is 50.9 Å². The van der Waals surface area contributed by atoms with Crippen molar-refractivity contribution in [3.63, 3.8) is 0 Å². The third kappa shape index (κ3) is 6.72. The van der Waals surface area contributed by atoms with Crippen molar-refractivity contribution in [2.75, 3.05) is 53.4 Å². The maximum Gasteiger partial charge on any atom is 0.243 e. The molecule has 160 valence electrons. The van der Waals surface area contributed by atoms with Crippen LogP contribution in [0.5, 0.6) is 0 Å². The Hall–Kier alpha value is -2.12. The molecule has 2 N–H and O–H groups in total. The highest BCUT2D eigenvalue weighted by molar-refractivity contribution is 5.84. The minimum Gasteiger partial charge on any atom is -0.376 e. The summed E-state index contributed by atoms with van der Waals surface area (Å²) < 4.78 is 5.71. The lowest BCUT2D eigenvalue weighted by molar-refractivity contribution is -0.127. The van der Waals surface area contributed by atoms with Gasteiger partial charge in [0.15, 0.2) is 5.96 Å². The lowest BCUT2D eigenvalue weighted by Gasteiger charge is -2.29. The van der Waals surface area contributed by atoms with Crippen LogP contribution in [0.3, 0.4) is 0 Å². The molecule has 2 fully saturated rings. The first kappa shape index (κ1) is 21.6. The third-order valence-corrected chi connectivity index (χ3v) is 5.62. The predicted molar refractivity (Wildman–Crippen MR) is 116 cm³/mol. The van der Waals surface area contributed by atoms with Crippen molar-refractivity contribution in [3.05, 3.63) is 35.9 Å². The van der Waals surface area contributed by atoms with Crippen molar-refractivity contribution in [3.8, 4) is 0 Å². The van der Waals surface area contributed by atoms with Gasteiger partial charge in [-0.15, -0.1) is 0 Å². The van der Waals surface area contributed by atoms with Crippen LogP contribution in [0.15, 0.2) is 35.3 Å². The van der Waals surface area contributed by atoms with E-state index in [-0.39, 0.29) is 24.6 Å². The quantitative estimate of drug-likeness (QED) is 0.512. The lowest BCUT2D eigenvalue weighted by atomic mass is 10.1. The molecule has 2 saturated heterocycles. The van der Waals surface area contributed by atoms with Gasteiger partial charge in [0.05, 0.1) is 12.1 Å². The molecule has 0 aliphatic carbocycles. The van der Waals surface area contributed by atoms with Crippen LogP contribution in [-0.4, -0.2) is 81.2 Å². The van der Waals surface area contributed by atoms with Crippen molar-refractivity contribution in [1.82, 2.24) is 20.4 Å². The summed E-state index contributed by atoms with van der Waals surface area (Å²) in [6, 6.07) is 10.9. The van der Waals surface area contributed by atoms with Crippen LogP contribution < -0.4 is 10.6 Å². The first-order valence-corrected chi connectivity index (χ1v) is 10.8. The van der Waals surface area contributed by atoms with E-state index in [0.717, 1.165) is 39.1 Å². The molecule has 1 amide bonds. The fourth-order valence-corrected chi connectivity index (χ4v) is 3.86. The fourth-order valence-electron chi connectivity index (χ4n) is 3.86. The maximum atomic E-state index is 12.0. The fraction of sp³-hybridized carbons (Fsp3) is 0.636. The van der Waals surface area contributed by atoms with Gasteiger partial charge in [0.25, 0.3) is 0 Å². The number of carbonyl (C=O) groups is 1. The van der Waals surface area contributed by atoms with Crippen molar-refractivity contribution >= 4 is 11.9 Å². The molecule has 0 aromatic heterocycles. The standard InChI is InChI=1S/C22H35N5O2/c1-26(2)21(28)17-25-22(23-15-19-11-8-14-29-19)24-16-20(27-12-6-7-13-27)18-9-4-3-5-10-18/h3-5,9-10,19-20H,6-8,11-17H2,1-2H3,(H2,23,24,25). The molecule has 2 heterocycles. The van der Waals surface area contributed by atoms with Crippen molar-refractivity contribution < 1.29 is 9.53 Å². The van der Waals surface area contributed by atoms with E-state index >= 15 is 0 Å². The van der Waals surface area contributed by atoms with Gasteiger partial charge >= 0.3 is 0 Å². The van der Waals surface area contributed by atoms with Gasteiger partial charge in [-0.3, -0.25) is 9.69 Å². The number of hydrogen-bond acceptors (Lipinski definition) is 4. The average molecular weight is 402 g/mol. The smallest absolute Gasteiger partial charge is 0.243 e. The normalized spacial score (nSPS) is 21.2. The second-order valence-corrected chi connectivity index (χ2v) is 8.02. The summed E-state index contributed by atoms with van der Waals surface area (Å²) >= 11 is 0. The molecule has 2 unspecified atom stereocenters. The summed E-state index contributed by atoms with van der Waals surface area (Å²) in [4.78, 5) is 20.6. The Morgan fingerprint density at radius 2 is 1.97 bits per heavy atom. The summed E-state index contributed by atoms with van der Waals surface area (Å²) in [7, 11) is 3.51. The predicted octanol–water partition coefficient (Wildman–Crippen LogP) is 1.63. The van der Waals surface area contributed by atoms with Crippen LogP contribution in [0.2, 0.25) is 0 Å². The number of amides is 1. The number of guanidine groups is 1. The second kappa shape index (κ2) is 11.2. The van der Waals surface area contributed by atoms with Crippen LogP contribution in [-0.2, 0) is 9.53 Å². The number of benzene rings is 1. The van der Waals surface area contributed by atoms with Crippen molar-refractivity contribution in [2.45, 2.75) is 37.8 Å². The highest BCUT2D eigenvalue weighted by Crippen LogP contribution is 2.24. The molecule has 0 spiro atoms. The van der Waals surface area contributed by atoms with Crippen LogP contribution in [0.1, 0.15) is 37.3 Å². The number of nitrogens with zero attached hydrogens (tertiary/aromatic N) is 3. The van der Waals surface area contributed by atoms with E-state index in [1.807, 2.05) is 0 Å². The van der Waals surface area contributed by atoms with E-state index < -0.39 is 0 Å². The molecule has 1 aromatic rings. The first-order chi connectivity index (χ1) is 14.1. The number of ether oxygens (including phenoxy) is 1. The summed E-state index contributed by atoms with van der Waals surface area (Å²) in [5, 5.41) is 6.86. The highest BCUT2D eigenvalue weighted by atomic mass is 16.5. The number of aliphatic imine (C=N–C) groups is 1. The first-order valence-electron chi connectivity index (χ1n) is 10.8. The van der Waals surface area contributed by atoms with Gasteiger partial charge in [-0.25, -0.2) is 4.99 Å². The van der Waals surface area contributed by atoms with Crippen molar-refractivity contribution in [2.24, 2.45) is 4.99 Å². The highest BCUT2D eigenvalue weighted by Gasteiger charge is 2.24. The number of carbonyl (C=O) groups excluding carboxylic acids is 1. The Kier molecular flexibility index (Phi) is 8.31. The van der Waals surface area contributed by atoms with Gasteiger partial charge in [-0.1, -0.05) is 30.3 Å². The van der Waals surface area contributed by atoms with Gasteiger partial charge in [0, 0.05) is 33.8 Å². The Bertz CT molecular complexity index is 652. The Morgan fingerprint density at radius 1 is 1.21 bits per heavy atom. The van der Waals surface area contributed by atoms with Crippen LogP contribution >= 0.6 is 0 Å². The monoisotopic (exact) mass is 401 g/mol. The zero-order valence-electron chi connectivity index (χ0n) is 17.8. The van der Waals surface area contributed by atoms with Crippen molar-refractivity contribution in [1.29, 1.82) is 0 Å². The number of hydrogen-bond donors (Lipinski definition) is 2.